The Hall–Kier alpha value is -2.69. The highest BCUT2D eigenvalue weighted by Gasteiger charge is 2.27. The van der Waals surface area contributed by atoms with Crippen LogP contribution in [0.2, 0.25) is 0 Å². The second-order valence-electron chi connectivity index (χ2n) is 6.76. The second kappa shape index (κ2) is 6.07. The van der Waals surface area contributed by atoms with E-state index >= 15 is 0 Å². The van der Waals surface area contributed by atoms with Gasteiger partial charge in [0.2, 0.25) is 5.88 Å². The molecule has 124 valence electrons. The van der Waals surface area contributed by atoms with E-state index in [2.05, 4.69) is 37.1 Å². The molecule has 2 aromatic rings. The Kier molecular flexibility index (Phi) is 4.09. The third kappa shape index (κ3) is 3.02. The van der Waals surface area contributed by atoms with E-state index in [9.17, 15) is 4.79 Å². The van der Waals surface area contributed by atoms with Crippen LogP contribution in [-0.2, 0) is 13.0 Å². The van der Waals surface area contributed by atoms with E-state index in [0.717, 1.165) is 18.7 Å². The minimum Gasteiger partial charge on any atom is -0.439 e. The van der Waals surface area contributed by atoms with Gasteiger partial charge in [-0.15, -0.1) is 0 Å². The number of aromatic nitrogens is 2. The molecule has 0 radical (unpaired) electrons. The molecular weight excluding hydrogens is 302 g/mol. The fourth-order valence-corrected chi connectivity index (χ4v) is 2.96. The van der Waals surface area contributed by atoms with Gasteiger partial charge in [-0.1, -0.05) is 26.5 Å². The average Bonchev–Trinajstić information content (AvgIpc) is 2.55. The van der Waals surface area contributed by atoms with E-state index in [1.807, 2.05) is 0 Å². The minimum absolute atomic E-state index is 0.0121. The molecule has 0 aliphatic carbocycles. The lowest BCUT2D eigenvalue weighted by Crippen LogP contribution is -2.36. The molecule has 2 heterocycles. The van der Waals surface area contributed by atoms with E-state index in [1.54, 1.807) is 34.9 Å². The van der Waals surface area contributed by atoms with Crippen molar-refractivity contribution in [3.63, 3.8) is 0 Å². The van der Waals surface area contributed by atoms with E-state index in [4.69, 9.17) is 4.74 Å². The van der Waals surface area contributed by atoms with Crippen molar-refractivity contribution in [1.29, 1.82) is 0 Å². The lowest BCUT2D eigenvalue weighted by atomic mass is 9.85. The highest BCUT2D eigenvalue weighted by molar-refractivity contribution is 5.79. The Morgan fingerprint density at radius 3 is 2.96 bits per heavy atom. The molecule has 0 saturated carbocycles. The van der Waals surface area contributed by atoms with Crippen molar-refractivity contribution < 1.29 is 4.74 Å². The number of aliphatic imine (C=N–C) groups is 1. The Balaban J connectivity index is 2.06. The summed E-state index contributed by atoms with van der Waals surface area (Å²) >= 11 is 0. The van der Waals surface area contributed by atoms with Crippen LogP contribution in [0.15, 0.2) is 52.6 Å². The Morgan fingerprint density at radius 2 is 2.25 bits per heavy atom. The molecule has 5 heteroatoms. The quantitative estimate of drug-likeness (QED) is 0.492. The number of hydrogen-bond donors (Lipinski definition) is 0. The first-order valence-corrected chi connectivity index (χ1v) is 7.94. The molecule has 3 rings (SSSR count). The molecule has 0 atom stereocenters. The van der Waals surface area contributed by atoms with Gasteiger partial charge < -0.3 is 4.74 Å². The minimum atomic E-state index is 0.0121. The molecule has 1 aromatic heterocycles. The number of benzene rings is 1. The van der Waals surface area contributed by atoms with Crippen LogP contribution in [0.4, 0.5) is 0 Å². The third-order valence-corrected chi connectivity index (χ3v) is 4.26. The van der Waals surface area contributed by atoms with Crippen molar-refractivity contribution in [3.05, 3.63) is 59.0 Å². The van der Waals surface area contributed by atoms with Gasteiger partial charge >= 0.3 is 0 Å². The van der Waals surface area contributed by atoms with Crippen molar-refractivity contribution >= 4 is 17.6 Å². The molecule has 0 N–H and O–H groups in total. The van der Waals surface area contributed by atoms with E-state index in [1.165, 1.54) is 0 Å². The van der Waals surface area contributed by atoms with Crippen LogP contribution in [0.3, 0.4) is 0 Å². The summed E-state index contributed by atoms with van der Waals surface area (Å²) < 4.78 is 7.45. The van der Waals surface area contributed by atoms with Crippen molar-refractivity contribution in [2.45, 2.75) is 33.2 Å². The van der Waals surface area contributed by atoms with Gasteiger partial charge in [0.05, 0.1) is 10.9 Å². The Bertz CT molecular complexity index is 907. The maximum absolute atomic E-state index is 12.8. The van der Waals surface area contributed by atoms with Crippen LogP contribution in [0.25, 0.3) is 10.9 Å². The lowest BCUT2D eigenvalue weighted by Gasteiger charge is -2.31. The second-order valence-corrected chi connectivity index (χ2v) is 6.76. The van der Waals surface area contributed by atoms with Gasteiger partial charge in [0.1, 0.15) is 11.6 Å². The molecular formula is C19H21N3O2. The molecule has 0 fully saturated rings. The van der Waals surface area contributed by atoms with Crippen molar-refractivity contribution in [1.82, 2.24) is 9.55 Å². The highest BCUT2D eigenvalue weighted by atomic mass is 16.5. The van der Waals surface area contributed by atoms with Gasteiger partial charge in [-0.05, 0) is 30.7 Å². The topological polar surface area (TPSA) is 56.5 Å². The van der Waals surface area contributed by atoms with Crippen molar-refractivity contribution in [3.8, 4) is 5.75 Å². The Labute approximate surface area is 141 Å². The number of rotatable bonds is 4. The molecule has 0 unspecified atom stereocenters. The number of allylic oxidation sites excluding steroid dienone is 2. The summed E-state index contributed by atoms with van der Waals surface area (Å²) in [6, 6.07) is 5.26. The lowest BCUT2D eigenvalue weighted by molar-refractivity contribution is 0.240. The van der Waals surface area contributed by atoms with Crippen LogP contribution >= 0.6 is 0 Å². The summed E-state index contributed by atoms with van der Waals surface area (Å²) in [5.41, 5.74) is 0.776. The first-order valence-electron chi connectivity index (χ1n) is 7.94. The molecule has 0 spiro atoms. The van der Waals surface area contributed by atoms with E-state index in [-0.39, 0.29) is 11.0 Å². The Morgan fingerprint density at radius 1 is 1.46 bits per heavy atom. The SMILES string of the molecule is C=C/C=C(\N=C)Oc1ccc2c(=O)n3c(nc2c1)CCC(C)(C)C3. The summed E-state index contributed by atoms with van der Waals surface area (Å²) in [7, 11) is 0. The number of hydrogen-bond acceptors (Lipinski definition) is 4. The zero-order valence-electron chi connectivity index (χ0n) is 14.1. The molecule has 0 saturated heterocycles. The normalized spacial score (nSPS) is 16.5. The standard InChI is InChI=1S/C19H21N3O2/c1-5-6-17(20-4)24-13-7-8-14-15(11-13)21-16-9-10-19(2,3)12-22(16)18(14)23/h5-8,11H,1,4,9-10,12H2,2-3H3/b17-6+. The number of ether oxygens (including phenoxy) is 1. The van der Waals surface area contributed by atoms with Crippen LogP contribution in [-0.4, -0.2) is 16.3 Å². The summed E-state index contributed by atoms with van der Waals surface area (Å²) in [6.07, 6.45) is 5.02. The van der Waals surface area contributed by atoms with Gasteiger partial charge in [0.25, 0.3) is 5.56 Å². The van der Waals surface area contributed by atoms with Gasteiger partial charge in [0, 0.05) is 25.1 Å². The molecule has 1 aromatic carbocycles. The van der Waals surface area contributed by atoms with Crippen molar-refractivity contribution in [2.75, 3.05) is 0 Å². The van der Waals surface area contributed by atoms with Gasteiger partial charge in [-0.3, -0.25) is 9.36 Å². The molecule has 5 nitrogen and oxygen atoms in total. The van der Waals surface area contributed by atoms with Crippen LogP contribution in [0.1, 0.15) is 26.1 Å². The zero-order chi connectivity index (χ0) is 17.3. The zero-order valence-corrected chi connectivity index (χ0v) is 14.1. The average molecular weight is 323 g/mol. The van der Waals surface area contributed by atoms with Gasteiger partial charge in [0.15, 0.2) is 0 Å². The monoisotopic (exact) mass is 323 g/mol. The first kappa shape index (κ1) is 16.2. The predicted octanol–water partition coefficient (Wildman–Crippen LogP) is 3.48. The van der Waals surface area contributed by atoms with Crippen LogP contribution in [0.5, 0.6) is 5.75 Å². The maximum atomic E-state index is 12.8. The summed E-state index contributed by atoms with van der Waals surface area (Å²) in [4.78, 5) is 21.2. The van der Waals surface area contributed by atoms with Crippen molar-refractivity contribution in [2.24, 2.45) is 10.4 Å². The van der Waals surface area contributed by atoms with Crippen LogP contribution < -0.4 is 10.3 Å². The predicted molar refractivity (Wildman–Crippen MR) is 96.6 cm³/mol. The fraction of sp³-hybridized carbons (Fsp3) is 0.316. The smallest absolute Gasteiger partial charge is 0.261 e. The van der Waals surface area contributed by atoms with Gasteiger partial charge in [-0.25, -0.2) is 9.98 Å². The molecule has 0 amide bonds. The molecule has 1 aliphatic heterocycles. The van der Waals surface area contributed by atoms with Crippen LogP contribution in [0, 0.1) is 5.41 Å². The summed E-state index contributed by atoms with van der Waals surface area (Å²) in [5.74, 6) is 1.75. The fourth-order valence-electron chi connectivity index (χ4n) is 2.96. The van der Waals surface area contributed by atoms with Gasteiger partial charge in [-0.2, -0.15) is 0 Å². The summed E-state index contributed by atoms with van der Waals surface area (Å²) in [6.45, 7) is 12.1. The molecule has 0 bridgehead atoms. The first-order chi connectivity index (χ1) is 11.4. The maximum Gasteiger partial charge on any atom is 0.261 e. The largest absolute Gasteiger partial charge is 0.439 e. The molecule has 1 aliphatic rings. The summed E-state index contributed by atoms with van der Waals surface area (Å²) in [5, 5.41) is 0.601. The molecule has 24 heavy (non-hydrogen) atoms. The number of aryl methyl sites for hydroxylation is 1. The van der Waals surface area contributed by atoms with E-state index in [0.29, 0.717) is 29.1 Å². The third-order valence-electron chi connectivity index (χ3n) is 4.26. The highest BCUT2D eigenvalue weighted by Crippen LogP contribution is 2.30. The number of nitrogens with zero attached hydrogens (tertiary/aromatic N) is 3. The van der Waals surface area contributed by atoms with E-state index < -0.39 is 0 Å². The number of fused-ring (bicyclic) bond motifs is 2.